The summed E-state index contributed by atoms with van der Waals surface area (Å²) in [6.45, 7) is 0. The van der Waals surface area contributed by atoms with Crippen LogP contribution >= 0.6 is 23.2 Å². The van der Waals surface area contributed by atoms with Gasteiger partial charge in [0.05, 0.1) is 11.2 Å². The van der Waals surface area contributed by atoms with Crippen molar-refractivity contribution in [3.63, 3.8) is 0 Å². The lowest BCUT2D eigenvalue weighted by atomic mass is 9.98. The van der Waals surface area contributed by atoms with E-state index in [1.54, 1.807) is 23.1 Å². The van der Waals surface area contributed by atoms with E-state index in [4.69, 9.17) is 23.2 Å². The van der Waals surface area contributed by atoms with Gasteiger partial charge in [0.25, 0.3) is 0 Å². The van der Waals surface area contributed by atoms with Crippen molar-refractivity contribution in [1.82, 2.24) is 15.0 Å². The van der Waals surface area contributed by atoms with Crippen LogP contribution in [0.3, 0.4) is 0 Å². The van der Waals surface area contributed by atoms with Crippen LogP contribution < -0.4 is 0 Å². The number of hydrogen-bond donors (Lipinski definition) is 0. The number of rotatable bonds is 6. The lowest BCUT2D eigenvalue weighted by Crippen LogP contribution is -2.18. The van der Waals surface area contributed by atoms with Gasteiger partial charge in [-0.1, -0.05) is 83.9 Å². The molecule has 0 aliphatic heterocycles. The van der Waals surface area contributed by atoms with Crippen LogP contribution in [0.4, 0.5) is 0 Å². The smallest absolute Gasteiger partial charge is 0.165 e. The highest BCUT2D eigenvalue weighted by molar-refractivity contribution is 6.33. The molecule has 0 N–H and O–H groups in total. The molecule has 3 aromatic carbocycles. The maximum Gasteiger partial charge on any atom is 0.165 e. The molecule has 1 atom stereocenters. The highest BCUT2D eigenvalue weighted by atomic mass is 35.5. The largest absolute Gasteiger partial charge is 0.294 e. The monoisotopic (exact) mass is 421 g/mol. The lowest BCUT2D eigenvalue weighted by Gasteiger charge is -2.16. The van der Waals surface area contributed by atoms with Crippen molar-refractivity contribution >= 4 is 29.0 Å². The highest BCUT2D eigenvalue weighted by Crippen LogP contribution is 2.28. The summed E-state index contributed by atoms with van der Waals surface area (Å²) in [4.78, 5) is 14.5. The first-order chi connectivity index (χ1) is 14.1. The molecule has 144 valence electrons. The van der Waals surface area contributed by atoms with Crippen LogP contribution in [0.25, 0.3) is 11.3 Å². The fraction of sp³-hybridized carbons (Fsp3) is 0.0870. The van der Waals surface area contributed by atoms with Crippen LogP contribution in [0.1, 0.15) is 28.4 Å². The Morgan fingerprint density at radius 2 is 1.59 bits per heavy atom. The van der Waals surface area contributed by atoms with Crippen molar-refractivity contribution < 1.29 is 4.79 Å². The third-order valence-electron chi connectivity index (χ3n) is 4.67. The normalized spacial score (nSPS) is 11.9. The highest BCUT2D eigenvalue weighted by Gasteiger charge is 2.22. The number of benzene rings is 3. The standard InChI is InChI=1S/C23H17Cl2N3O/c24-18-12-10-16(11-13-18)22(14-23(29)17-6-2-1-3-7-17)28-26-15-21(27-28)19-8-4-5-9-20(19)25/h1-13,15,22H,14H2. The molecule has 0 saturated carbocycles. The van der Waals surface area contributed by atoms with E-state index in [-0.39, 0.29) is 18.2 Å². The molecule has 0 amide bonds. The SMILES string of the molecule is O=C(CC(c1ccc(Cl)cc1)n1ncc(-c2ccccc2Cl)n1)c1ccccc1. The summed E-state index contributed by atoms with van der Waals surface area (Å²) in [5.74, 6) is 0.0159. The van der Waals surface area contributed by atoms with Crippen LogP contribution in [0.2, 0.25) is 10.0 Å². The minimum Gasteiger partial charge on any atom is -0.294 e. The van der Waals surface area contributed by atoms with E-state index in [0.29, 0.717) is 21.3 Å². The van der Waals surface area contributed by atoms with Crippen molar-refractivity contribution in [2.24, 2.45) is 0 Å². The van der Waals surface area contributed by atoms with Gasteiger partial charge in [0, 0.05) is 22.6 Å². The molecule has 0 saturated heterocycles. The number of Topliss-reactive ketones (excluding diaryl/α,β-unsaturated/α-hetero) is 1. The third-order valence-corrected chi connectivity index (χ3v) is 5.25. The Morgan fingerprint density at radius 1 is 0.897 bits per heavy atom. The molecular weight excluding hydrogens is 405 g/mol. The van der Waals surface area contributed by atoms with Crippen molar-refractivity contribution in [2.45, 2.75) is 12.5 Å². The molecule has 0 spiro atoms. The van der Waals surface area contributed by atoms with Crippen molar-refractivity contribution in [3.05, 3.63) is 106 Å². The number of nitrogens with zero attached hydrogens (tertiary/aromatic N) is 3. The summed E-state index contributed by atoms with van der Waals surface area (Å²) < 4.78 is 0. The summed E-state index contributed by atoms with van der Waals surface area (Å²) in [5.41, 5.74) is 3.01. The van der Waals surface area contributed by atoms with Gasteiger partial charge in [-0.15, -0.1) is 0 Å². The third kappa shape index (κ3) is 4.39. The van der Waals surface area contributed by atoms with Crippen LogP contribution in [-0.4, -0.2) is 20.8 Å². The zero-order chi connectivity index (χ0) is 20.2. The lowest BCUT2D eigenvalue weighted by molar-refractivity contribution is 0.0964. The zero-order valence-electron chi connectivity index (χ0n) is 15.4. The van der Waals surface area contributed by atoms with Gasteiger partial charge in [0.15, 0.2) is 5.78 Å². The molecule has 0 aliphatic rings. The first-order valence-electron chi connectivity index (χ1n) is 9.12. The Bertz CT molecular complexity index is 1120. The Labute approximate surface area is 178 Å². The number of carbonyl (C=O) groups excluding carboxylic acids is 1. The quantitative estimate of drug-likeness (QED) is 0.352. The molecule has 0 fully saturated rings. The van der Waals surface area contributed by atoms with E-state index < -0.39 is 0 Å². The number of ketones is 1. The fourth-order valence-electron chi connectivity index (χ4n) is 3.15. The van der Waals surface area contributed by atoms with Gasteiger partial charge in [-0.2, -0.15) is 15.0 Å². The molecule has 29 heavy (non-hydrogen) atoms. The number of carbonyl (C=O) groups is 1. The molecule has 4 aromatic rings. The summed E-state index contributed by atoms with van der Waals surface area (Å²) in [6, 6.07) is 23.7. The summed E-state index contributed by atoms with van der Waals surface area (Å²) in [6.07, 6.45) is 1.89. The van der Waals surface area contributed by atoms with Gasteiger partial charge in [0.2, 0.25) is 0 Å². The first kappa shape index (κ1) is 19.4. The Balaban J connectivity index is 1.70. The van der Waals surface area contributed by atoms with Crippen LogP contribution in [0.5, 0.6) is 0 Å². The van der Waals surface area contributed by atoms with Gasteiger partial charge in [-0.25, -0.2) is 0 Å². The molecule has 6 heteroatoms. The van der Waals surface area contributed by atoms with Crippen molar-refractivity contribution in [2.75, 3.05) is 0 Å². The molecule has 1 aromatic heterocycles. The molecule has 0 aliphatic carbocycles. The zero-order valence-corrected chi connectivity index (χ0v) is 16.9. The maximum absolute atomic E-state index is 12.9. The molecule has 4 nitrogen and oxygen atoms in total. The molecular formula is C23H17Cl2N3O. The van der Waals surface area contributed by atoms with Gasteiger partial charge in [0.1, 0.15) is 11.7 Å². The van der Waals surface area contributed by atoms with E-state index >= 15 is 0 Å². The Kier molecular flexibility index (Phi) is 5.74. The van der Waals surface area contributed by atoms with E-state index in [0.717, 1.165) is 11.1 Å². The second-order valence-electron chi connectivity index (χ2n) is 6.59. The molecule has 0 bridgehead atoms. The molecule has 4 rings (SSSR count). The molecule has 1 unspecified atom stereocenters. The van der Waals surface area contributed by atoms with Crippen molar-refractivity contribution in [1.29, 1.82) is 0 Å². The topological polar surface area (TPSA) is 47.8 Å². The van der Waals surface area contributed by atoms with Crippen LogP contribution in [-0.2, 0) is 0 Å². The van der Waals surface area contributed by atoms with Crippen LogP contribution in [0, 0.1) is 0 Å². The summed E-state index contributed by atoms with van der Waals surface area (Å²) >= 11 is 12.3. The average molecular weight is 422 g/mol. The minimum atomic E-state index is -0.365. The maximum atomic E-state index is 12.9. The fourth-order valence-corrected chi connectivity index (χ4v) is 3.51. The average Bonchev–Trinajstić information content (AvgIpc) is 3.23. The number of hydrogen-bond acceptors (Lipinski definition) is 3. The number of aromatic nitrogens is 3. The minimum absolute atomic E-state index is 0.0159. The van der Waals surface area contributed by atoms with E-state index in [1.165, 1.54) is 0 Å². The second kappa shape index (κ2) is 8.60. The van der Waals surface area contributed by atoms with Gasteiger partial charge >= 0.3 is 0 Å². The summed E-state index contributed by atoms with van der Waals surface area (Å²) in [5, 5.41) is 10.3. The van der Waals surface area contributed by atoms with E-state index in [2.05, 4.69) is 10.2 Å². The predicted octanol–water partition coefficient (Wildman–Crippen LogP) is 6.11. The second-order valence-corrected chi connectivity index (χ2v) is 7.43. The van der Waals surface area contributed by atoms with Crippen LogP contribution in [0.15, 0.2) is 85.1 Å². The van der Waals surface area contributed by atoms with E-state index in [1.807, 2.05) is 66.7 Å². The van der Waals surface area contributed by atoms with Gasteiger partial charge in [-0.3, -0.25) is 4.79 Å². The van der Waals surface area contributed by atoms with Crippen molar-refractivity contribution in [3.8, 4) is 11.3 Å². The Hall–Kier alpha value is -2.95. The first-order valence-corrected chi connectivity index (χ1v) is 9.88. The Morgan fingerprint density at radius 3 is 2.31 bits per heavy atom. The number of halogens is 2. The van der Waals surface area contributed by atoms with E-state index in [9.17, 15) is 4.79 Å². The predicted molar refractivity (Wildman–Crippen MR) is 115 cm³/mol. The van der Waals surface area contributed by atoms with Gasteiger partial charge in [-0.05, 0) is 23.8 Å². The summed E-state index contributed by atoms with van der Waals surface area (Å²) in [7, 11) is 0. The molecule has 1 heterocycles. The van der Waals surface area contributed by atoms with Gasteiger partial charge < -0.3 is 0 Å². The molecule has 0 radical (unpaired) electrons.